The van der Waals surface area contributed by atoms with Gasteiger partial charge in [-0.05, 0) is 37.6 Å². The van der Waals surface area contributed by atoms with Gasteiger partial charge in [-0.1, -0.05) is 30.3 Å². The standard InChI is InChI=1S/C21H22N2O5/c1-14(2)28-20(24)21(13-23(25)26,15-7-5-4-6-8-15)18-12-22-19-10-9-16(27-3)11-17(18)19/h4-12,14,22H,13H2,1-3H3/t21-/m0/s1. The normalized spacial score (nSPS) is 13.3. The molecule has 0 spiro atoms. The molecule has 3 rings (SSSR count). The lowest BCUT2D eigenvalue weighted by atomic mass is 9.74. The molecule has 0 unspecified atom stereocenters. The number of nitrogens with zero attached hydrogens (tertiary/aromatic N) is 1. The lowest BCUT2D eigenvalue weighted by Gasteiger charge is -2.29. The van der Waals surface area contributed by atoms with E-state index in [9.17, 15) is 14.9 Å². The topological polar surface area (TPSA) is 94.5 Å². The number of hydrogen-bond acceptors (Lipinski definition) is 5. The van der Waals surface area contributed by atoms with Crippen molar-refractivity contribution in [1.82, 2.24) is 4.98 Å². The molecule has 0 radical (unpaired) electrons. The second kappa shape index (κ2) is 7.72. The lowest BCUT2D eigenvalue weighted by molar-refractivity contribution is -0.486. The van der Waals surface area contributed by atoms with E-state index in [2.05, 4.69) is 4.98 Å². The van der Waals surface area contributed by atoms with Crippen LogP contribution >= 0.6 is 0 Å². The van der Waals surface area contributed by atoms with Gasteiger partial charge in [0.05, 0.1) is 13.2 Å². The van der Waals surface area contributed by atoms with Gasteiger partial charge in [-0.25, -0.2) is 0 Å². The lowest BCUT2D eigenvalue weighted by Crippen LogP contribution is -2.45. The van der Waals surface area contributed by atoms with Gasteiger partial charge in [0.15, 0.2) is 5.41 Å². The fourth-order valence-electron chi connectivity index (χ4n) is 3.44. The second-order valence-corrected chi connectivity index (χ2v) is 6.83. The number of aromatic nitrogens is 1. The van der Waals surface area contributed by atoms with E-state index in [1.165, 1.54) is 0 Å². The molecule has 1 heterocycles. The number of nitrogens with one attached hydrogen (secondary N) is 1. The Hall–Kier alpha value is -3.35. The van der Waals surface area contributed by atoms with Crippen LogP contribution in [0.25, 0.3) is 10.9 Å². The number of carbonyl (C=O) groups excluding carboxylic acids is 1. The van der Waals surface area contributed by atoms with Crippen molar-refractivity contribution in [3.63, 3.8) is 0 Å². The van der Waals surface area contributed by atoms with Gasteiger partial charge in [-0.15, -0.1) is 0 Å². The van der Waals surface area contributed by atoms with Gasteiger partial charge in [0.2, 0.25) is 6.54 Å². The van der Waals surface area contributed by atoms with Crippen molar-refractivity contribution >= 4 is 16.9 Å². The predicted molar refractivity (Wildman–Crippen MR) is 105 cm³/mol. The van der Waals surface area contributed by atoms with Gasteiger partial charge >= 0.3 is 5.97 Å². The number of fused-ring (bicyclic) bond motifs is 1. The summed E-state index contributed by atoms with van der Waals surface area (Å²) < 4.78 is 10.8. The monoisotopic (exact) mass is 382 g/mol. The molecule has 0 saturated carbocycles. The Labute approximate surface area is 162 Å². The average molecular weight is 382 g/mol. The van der Waals surface area contributed by atoms with Crippen LogP contribution < -0.4 is 4.74 Å². The van der Waals surface area contributed by atoms with Crippen molar-refractivity contribution in [3.8, 4) is 5.75 Å². The first-order valence-corrected chi connectivity index (χ1v) is 8.92. The maximum absolute atomic E-state index is 13.3. The highest BCUT2D eigenvalue weighted by Gasteiger charge is 2.50. The van der Waals surface area contributed by atoms with E-state index in [0.717, 1.165) is 5.52 Å². The molecule has 0 bridgehead atoms. The molecule has 1 aromatic heterocycles. The van der Waals surface area contributed by atoms with Crippen molar-refractivity contribution in [2.75, 3.05) is 13.7 Å². The Morgan fingerprint density at radius 1 is 1.21 bits per heavy atom. The maximum Gasteiger partial charge on any atom is 0.328 e. The first-order chi connectivity index (χ1) is 13.4. The molecule has 0 aliphatic rings. The van der Waals surface area contributed by atoms with E-state index >= 15 is 0 Å². The van der Waals surface area contributed by atoms with Gasteiger partial charge < -0.3 is 14.5 Å². The van der Waals surface area contributed by atoms with E-state index in [1.54, 1.807) is 69.6 Å². The number of rotatable bonds is 7. The van der Waals surface area contributed by atoms with Crippen LogP contribution in [0.15, 0.2) is 54.7 Å². The fourth-order valence-corrected chi connectivity index (χ4v) is 3.44. The minimum Gasteiger partial charge on any atom is -0.497 e. The highest BCUT2D eigenvalue weighted by molar-refractivity contribution is 5.96. The summed E-state index contributed by atoms with van der Waals surface area (Å²) in [4.78, 5) is 27.7. The number of aromatic amines is 1. The van der Waals surface area contributed by atoms with Crippen LogP contribution in [0.2, 0.25) is 0 Å². The summed E-state index contributed by atoms with van der Waals surface area (Å²) in [6.45, 7) is 2.81. The summed E-state index contributed by atoms with van der Waals surface area (Å²) in [7, 11) is 1.54. The smallest absolute Gasteiger partial charge is 0.328 e. The number of H-pyrrole nitrogens is 1. The van der Waals surface area contributed by atoms with Crippen LogP contribution in [0, 0.1) is 10.1 Å². The summed E-state index contributed by atoms with van der Waals surface area (Å²) in [5, 5.41) is 12.4. The van der Waals surface area contributed by atoms with Gasteiger partial charge in [0.1, 0.15) is 5.75 Å². The van der Waals surface area contributed by atoms with E-state index in [4.69, 9.17) is 9.47 Å². The van der Waals surface area contributed by atoms with Gasteiger partial charge in [-0.2, -0.15) is 0 Å². The molecule has 0 saturated heterocycles. The molecule has 7 nitrogen and oxygen atoms in total. The average Bonchev–Trinajstić information content (AvgIpc) is 3.09. The number of nitro groups is 1. The summed E-state index contributed by atoms with van der Waals surface area (Å²) in [5.41, 5.74) is 0.132. The fraction of sp³-hybridized carbons (Fsp3) is 0.286. The Morgan fingerprint density at radius 2 is 1.93 bits per heavy atom. The van der Waals surface area contributed by atoms with Crippen LogP contribution in [0.5, 0.6) is 5.75 Å². The van der Waals surface area contributed by atoms with Crippen molar-refractivity contribution < 1.29 is 19.2 Å². The third kappa shape index (κ3) is 3.43. The molecule has 28 heavy (non-hydrogen) atoms. The molecule has 1 atom stereocenters. The molecule has 1 N–H and O–H groups in total. The van der Waals surface area contributed by atoms with Crippen LogP contribution in [0.1, 0.15) is 25.0 Å². The zero-order valence-electron chi connectivity index (χ0n) is 16.0. The largest absolute Gasteiger partial charge is 0.497 e. The summed E-state index contributed by atoms with van der Waals surface area (Å²) >= 11 is 0. The number of hydrogen-bond donors (Lipinski definition) is 1. The molecule has 2 aromatic carbocycles. The van der Waals surface area contributed by atoms with Crippen LogP contribution in [0.4, 0.5) is 0 Å². The Balaban J connectivity index is 2.34. The van der Waals surface area contributed by atoms with E-state index in [1.807, 2.05) is 6.07 Å². The predicted octanol–water partition coefficient (Wildman–Crippen LogP) is 3.69. The zero-order valence-corrected chi connectivity index (χ0v) is 16.0. The molecule has 0 amide bonds. The number of benzene rings is 2. The van der Waals surface area contributed by atoms with Gasteiger partial charge in [0, 0.05) is 27.6 Å². The van der Waals surface area contributed by atoms with E-state index < -0.39 is 29.0 Å². The number of carbonyl (C=O) groups is 1. The molecule has 146 valence electrons. The van der Waals surface area contributed by atoms with Crippen LogP contribution in [-0.4, -0.2) is 35.6 Å². The first-order valence-electron chi connectivity index (χ1n) is 8.92. The quantitative estimate of drug-likeness (QED) is 0.382. The SMILES string of the molecule is COc1ccc2[nH]cc([C@@](C[N+](=O)[O-])(C(=O)OC(C)C)c3ccccc3)c2c1. The molecular formula is C21H22N2O5. The molecule has 0 aliphatic heterocycles. The first kappa shape index (κ1) is 19.4. The minimum atomic E-state index is -1.60. The Morgan fingerprint density at radius 3 is 2.54 bits per heavy atom. The summed E-state index contributed by atoms with van der Waals surface area (Å²) in [6, 6.07) is 14.1. The second-order valence-electron chi connectivity index (χ2n) is 6.83. The van der Waals surface area contributed by atoms with Crippen molar-refractivity contribution in [3.05, 3.63) is 76.0 Å². The van der Waals surface area contributed by atoms with E-state index in [0.29, 0.717) is 22.3 Å². The van der Waals surface area contributed by atoms with Gasteiger partial charge in [0.25, 0.3) is 0 Å². The summed E-state index contributed by atoms with van der Waals surface area (Å²) in [5.74, 6) is -0.0669. The van der Waals surface area contributed by atoms with Crippen molar-refractivity contribution in [2.24, 2.45) is 0 Å². The highest BCUT2D eigenvalue weighted by atomic mass is 16.6. The number of esters is 1. The molecule has 0 fully saturated rings. The molecule has 7 heteroatoms. The van der Waals surface area contributed by atoms with Crippen molar-refractivity contribution in [1.29, 1.82) is 0 Å². The Bertz CT molecular complexity index is 996. The molecule has 0 aliphatic carbocycles. The highest BCUT2D eigenvalue weighted by Crippen LogP contribution is 2.39. The van der Waals surface area contributed by atoms with E-state index in [-0.39, 0.29) is 0 Å². The molecular weight excluding hydrogens is 360 g/mol. The third-order valence-electron chi connectivity index (χ3n) is 4.67. The Kier molecular flexibility index (Phi) is 5.35. The minimum absolute atomic E-state index is 0.415. The van der Waals surface area contributed by atoms with Gasteiger partial charge in [-0.3, -0.25) is 14.9 Å². The number of ether oxygens (including phenoxy) is 2. The van der Waals surface area contributed by atoms with Crippen LogP contribution in [0.3, 0.4) is 0 Å². The summed E-state index contributed by atoms with van der Waals surface area (Å²) in [6.07, 6.45) is 1.23. The van der Waals surface area contributed by atoms with Crippen LogP contribution in [-0.2, 0) is 14.9 Å². The number of methoxy groups -OCH3 is 1. The third-order valence-corrected chi connectivity index (χ3v) is 4.67. The van der Waals surface area contributed by atoms with Crippen molar-refractivity contribution in [2.45, 2.75) is 25.4 Å². The maximum atomic E-state index is 13.3. The molecule has 3 aromatic rings. The zero-order chi connectivity index (χ0) is 20.3.